The summed E-state index contributed by atoms with van der Waals surface area (Å²) < 4.78 is 5.73. The molecule has 30 heavy (non-hydrogen) atoms. The molecule has 0 unspecified atom stereocenters. The minimum atomic E-state index is -0.403. The highest BCUT2D eigenvalue weighted by Crippen LogP contribution is 2.30. The first kappa shape index (κ1) is 19.9. The lowest BCUT2D eigenvalue weighted by Gasteiger charge is -2.14. The van der Waals surface area contributed by atoms with Gasteiger partial charge in [0, 0.05) is 16.8 Å². The summed E-state index contributed by atoms with van der Waals surface area (Å²) in [7, 11) is 0. The highest BCUT2D eigenvalue weighted by Gasteiger charge is 2.20. The summed E-state index contributed by atoms with van der Waals surface area (Å²) in [5.41, 5.74) is 4.81. The number of benzene rings is 3. The summed E-state index contributed by atoms with van der Waals surface area (Å²) in [6.07, 6.45) is 0. The van der Waals surface area contributed by atoms with Crippen LogP contribution in [-0.4, -0.2) is 21.4 Å². The Kier molecular flexibility index (Phi) is 5.95. The maximum atomic E-state index is 12.8. The lowest BCUT2D eigenvalue weighted by Crippen LogP contribution is -2.22. The Labute approximate surface area is 179 Å². The van der Waals surface area contributed by atoms with Gasteiger partial charge in [-0.25, -0.2) is 0 Å². The van der Waals surface area contributed by atoms with Crippen LogP contribution < -0.4 is 5.32 Å². The van der Waals surface area contributed by atoms with Crippen molar-refractivity contribution in [1.29, 1.82) is 0 Å². The molecule has 1 heterocycles. The van der Waals surface area contributed by atoms with Crippen LogP contribution in [-0.2, 0) is 4.79 Å². The zero-order valence-corrected chi connectivity index (χ0v) is 17.5. The van der Waals surface area contributed by atoms with E-state index in [1.807, 2.05) is 92.7 Å². The molecule has 150 valence electrons. The van der Waals surface area contributed by atoms with E-state index in [9.17, 15) is 4.79 Å². The van der Waals surface area contributed by atoms with Crippen LogP contribution in [0.25, 0.3) is 22.6 Å². The predicted octanol–water partition coefficient (Wildman–Crippen LogP) is 5.83. The predicted molar refractivity (Wildman–Crippen MR) is 120 cm³/mol. The van der Waals surface area contributed by atoms with Gasteiger partial charge in [-0.15, -0.1) is 10.2 Å². The van der Waals surface area contributed by atoms with Gasteiger partial charge in [-0.3, -0.25) is 4.79 Å². The second-order valence-electron chi connectivity index (χ2n) is 6.90. The highest BCUT2D eigenvalue weighted by atomic mass is 32.2. The van der Waals surface area contributed by atoms with E-state index in [1.165, 1.54) is 11.8 Å². The number of aromatic nitrogens is 2. The number of hydrogen-bond acceptors (Lipinski definition) is 5. The second-order valence-corrected chi connectivity index (χ2v) is 8.19. The number of nitrogens with zero attached hydrogens (tertiary/aromatic N) is 2. The molecule has 0 saturated heterocycles. The summed E-state index contributed by atoms with van der Waals surface area (Å²) in [6, 6.07) is 25.6. The number of aryl methyl sites for hydroxylation is 1. The highest BCUT2D eigenvalue weighted by molar-refractivity contribution is 8.00. The minimum absolute atomic E-state index is 0.126. The Balaban J connectivity index is 1.45. The molecule has 0 fully saturated rings. The number of carbonyl (C=O) groups excluding carboxylic acids is 1. The summed E-state index contributed by atoms with van der Waals surface area (Å²) >= 11 is 1.24. The first-order valence-electron chi connectivity index (χ1n) is 9.62. The number of thioether (sulfide) groups is 1. The second kappa shape index (κ2) is 8.97. The molecule has 0 spiro atoms. The van der Waals surface area contributed by atoms with Crippen LogP contribution in [0.5, 0.6) is 0 Å². The number of nitrogens with one attached hydrogen (secondary N) is 1. The molecular formula is C24H21N3O2S. The third kappa shape index (κ3) is 4.60. The van der Waals surface area contributed by atoms with E-state index in [0.717, 1.165) is 27.9 Å². The molecule has 4 rings (SSSR count). The fourth-order valence-corrected chi connectivity index (χ4v) is 3.65. The van der Waals surface area contributed by atoms with E-state index in [-0.39, 0.29) is 5.91 Å². The minimum Gasteiger partial charge on any atom is -0.411 e. The van der Waals surface area contributed by atoms with Gasteiger partial charge in [0.15, 0.2) is 0 Å². The monoisotopic (exact) mass is 415 g/mol. The van der Waals surface area contributed by atoms with Gasteiger partial charge in [0.2, 0.25) is 11.8 Å². The molecule has 0 saturated carbocycles. The standard InChI is InChI=1S/C24H21N3O2S/c1-16-12-14-19(15-13-16)23-26-27-24(29-23)30-17(2)22(28)25-21-11-7-6-10-20(21)18-8-4-3-5-9-18/h3-15,17H,1-2H3,(H,25,28)/t17-/m1/s1. The molecule has 0 radical (unpaired) electrons. The number of rotatable bonds is 6. The number of carbonyl (C=O) groups is 1. The molecular weight excluding hydrogens is 394 g/mol. The summed E-state index contributed by atoms with van der Waals surface area (Å²) in [5.74, 6) is 0.318. The van der Waals surface area contributed by atoms with Crippen LogP contribution in [0.2, 0.25) is 0 Å². The van der Waals surface area contributed by atoms with E-state index in [4.69, 9.17) is 4.42 Å². The van der Waals surface area contributed by atoms with Crippen LogP contribution in [0.4, 0.5) is 5.69 Å². The third-order valence-corrected chi connectivity index (χ3v) is 5.56. The molecule has 0 aliphatic carbocycles. The fourth-order valence-electron chi connectivity index (χ4n) is 2.97. The van der Waals surface area contributed by atoms with Crippen molar-refractivity contribution in [2.75, 3.05) is 5.32 Å². The van der Waals surface area contributed by atoms with Crippen LogP contribution in [0, 0.1) is 6.92 Å². The molecule has 1 amide bonds. The first-order chi connectivity index (χ1) is 14.6. The fraction of sp³-hybridized carbons (Fsp3) is 0.125. The van der Waals surface area contributed by atoms with Gasteiger partial charge in [-0.05, 0) is 37.6 Å². The van der Waals surface area contributed by atoms with Crippen LogP contribution >= 0.6 is 11.8 Å². The van der Waals surface area contributed by atoms with Gasteiger partial charge in [0.25, 0.3) is 5.22 Å². The smallest absolute Gasteiger partial charge is 0.277 e. The van der Waals surface area contributed by atoms with Crippen molar-refractivity contribution in [3.63, 3.8) is 0 Å². The van der Waals surface area contributed by atoms with E-state index in [0.29, 0.717) is 11.1 Å². The molecule has 6 heteroatoms. The van der Waals surface area contributed by atoms with E-state index < -0.39 is 5.25 Å². The summed E-state index contributed by atoms with van der Waals surface area (Å²) in [5, 5.41) is 11.2. The molecule has 1 N–H and O–H groups in total. The van der Waals surface area contributed by atoms with Crippen LogP contribution in [0.3, 0.4) is 0 Å². The zero-order chi connectivity index (χ0) is 20.9. The Bertz CT molecular complexity index is 1140. The molecule has 4 aromatic rings. The number of hydrogen-bond donors (Lipinski definition) is 1. The lowest BCUT2D eigenvalue weighted by atomic mass is 10.0. The van der Waals surface area contributed by atoms with Crippen molar-refractivity contribution >= 4 is 23.4 Å². The summed E-state index contributed by atoms with van der Waals surface area (Å²) in [4.78, 5) is 12.8. The maximum Gasteiger partial charge on any atom is 0.277 e. The van der Waals surface area contributed by atoms with Gasteiger partial charge in [-0.2, -0.15) is 0 Å². The largest absolute Gasteiger partial charge is 0.411 e. The molecule has 1 aromatic heterocycles. The Morgan fingerprint density at radius 1 is 0.900 bits per heavy atom. The van der Waals surface area contributed by atoms with Crippen molar-refractivity contribution in [1.82, 2.24) is 10.2 Å². The Hall–Kier alpha value is -3.38. The Morgan fingerprint density at radius 3 is 2.37 bits per heavy atom. The first-order valence-corrected chi connectivity index (χ1v) is 10.5. The van der Waals surface area contributed by atoms with Crippen molar-refractivity contribution < 1.29 is 9.21 Å². The van der Waals surface area contributed by atoms with Gasteiger partial charge >= 0.3 is 0 Å². The molecule has 0 bridgehead atoms. The maximum absolute atomic E-state index is 12.8. The van der Waals surface area contributed by atoms with Gasteiger partial charge in [0.1, 0.15) is 0 Å². The molecule has 5 nitrogen and oxygen atoms in total. The zero-order valence-electron chi connectivity index (χ0n) is 16.7. The van der Waals surface area contributed by atoms with Gasteiger partial charge in [0.05, 0.1) is 5.25 Å². The lowest BCUT2D eigenvalue weighted by molar-refractivity contribution is -0.115. The Morgan fingerprint density at radius 2 is 1.60 bits per heavy atom. The molecule has 0 aliphatic heterocycles. The van der Waals surface area contributed by atoms with Crippen molar-refractivity contribution in [3.8, 4) is 22.6 Å². The molecule has 1 atom stereocenters. The topological polar surface area (TPSA) is 68.0 Å². The molecule has 0 aliphatic rings. The molecule has 3 aromatic carbocycles. The average molecular weight is 416 g/mol. The van der Waals surface area contributed by atoms with Gasteiger partial charge < -0.3 is 9.73 Å². The van der Waals surface area contributed by atoms with E-state index >= 15 is 0 Å². The van der Waals surface area contributed by atoms with Crippen LogP contribution in [0.1, 0.15) is 12.5 Å². The number of anilines is 1. The third-order valence-electron chi connectivity index (χ3n) is 4.62. The number of para-hydroxylation sites is 1. The quantitative estimate of drug-likeness (QED) is 0.401. The van der Waals surface area contributed by atoms with E-state index in [2.05, 4.69) is 15.5 Å². The van der Waals surface area contributed by atoms with Crippen molar-refractivity contribution in [2.24, 2.45) is 0 Å². The summed E-state index contributed by atoms with van der Waals surface area (Å²) in [6.45, 7) is 3.84. The average Bonchev–Trinajstić information content (AvgIpc) is 3.23. The van der Waals surface area contributed by atoms with Crippen molar-refractivity contribution in [3.05, 3.63) is 84.4 Å². The SMILES string of the molecule is Cc1ccc(-c2nnc(S[C@H](C)C(=O)Nc3ccccc3-c3ccccc3)o2)cc1. The van der Waals surface area contributed by atoms with Crippen LogP contribution in [0.15, 0.2) is 88.5 Å². The normalized spacial score (nSPS) is 11.8. The van der Waals surface area contributed by atoms with Crippen molar-refractivity contribution in [2.45, 2.75) is 24.3 Å². The number of amides is 1. The van der Waals surface area contributed by atoms with E-state index in [1.54, 1.807) is 0 Å². The van der Waals surface area contributed by atoms with Gasteiger partial charge in [-0.1, -0.05) is 78.0 Å².